The summed E-state index contributed by atoms with van der Waals surface area (Å²) in [6.45, 7) is 6.17. The third-order valence-corrected chi connectivity index (χ3v) is 4.86. The van der Waals surface area contributed by atoms with Crippen LogP contribution in [0.15, 0.2) is 0 Å². The van der Waals surface area contributed by atoms with E-state index in [2.05, 4.69) is 10.2 Å². The number of carbonyl (C=O) groups is 2. The predicted molar refractivity (Wildman–Crippen MR) is 85.4 cm³/mol. The molecule has 1 unspecified atom stereocenters. The monoisotopic (exact) mass is 334 g/mol. The molecule has 128 valence electrons. The van der Waals surface area contributed by atoms with E-state index in [-0.39, 0.29) is 30.0 Å². The lowest BCUT2D eigenvalue weighted by molar-refractivity contribution is -0.154. The number of fused-ring (bicyclic) bond motifs is 3. The summed E-state index contributed by atoms with van der Waals surface area (Å²) >= 11 is 0. The number of Topliss-reactive ketones (excluding diaryl/α,β-unsaturated/α-hetero) is 1. The van der Waals surface area contributed by atoms with Gasteiger partial charge in [0, 0.05) is 19.6 Å². The van der Waals surface area contributed by atoms with Gasteiger partial charge in [-0.15, -0.1) is 12.4 Å². The van der Waals surface area contributed by atoms with Crippen molar-refractivity contribution in [2.24, 2.45) is 11.8 Å². The maximum atomic E-state index is 12.7. The first-order chi connectivity index (χ1) is 9.92. The molecular formula is C15H27ClN2O4. The highest BCUT2D eigenvalue weighted by Gasteiger charge is 2.53. The summed E-state index contributed by atoms with van der Waals surface area (Å²) in [7, 11) is 1.59. The fraction of sp³-hybridized carbons (Fsp3) is 0.867. The molecule has 2 N–H and O–H groups in total. The average Bonchev–Trinajstić information content (AvgIpc) is 2.44. The molecule has 3 aliphatic heterocycles. The van der Waals surface area contributed by atoms with E-state index >= 15 is 0 Å². The fourth-order valence-corrected chi connectivity index (χ4v) is 3.64. The molecule has 6 nitrogen and oxygen atoms in total. The summed E-state index contributed by atoms with van der Waals surface area (Å²) < 4.78 is 5.31. The van der Waals surface area contributed by atoms with Crippen molar-refractivity contribution >= 4 is 24.2 Å². The molecule has 7 heteroatoms. The van der Waals surface area contributed by atoms with Gasteiger partial charge in [0.1, 0.15) is 11.6 Å². The number of carboxylic acids is 1. The zero-order valence-electron chi connectivity index (χ0n) is 13.5. The van der Waals surface area contributed by atoms with E-state index in [0.717, 1.165) is 25.9 Å². The molecule has 0 aromatic rings. The molecule has 2 bridgehead atoms. The van der Waals surface area contributed by atoms with E-state index in [0.29, 0.717) is 13.2 Å². The summed E-state index contributed by atoms with van der Waals surface area (Å²) in [6.07, 6.45) is 1.83. The van der Waals surface area contributed by atoms with Crippen molar-refractivity contribution < 1.29 is 19.4 Å². The lowest BCUT2D eigenvalue weighted by Gasteiger charge is -2.52. The Morgan fingerprint density at radius 1 is 1.45 bits per heavy atom. The number of piperidine rings is 3. The number of aliphatic carboxylic acids is 1. The maximum Gasteiger partial charge on any atom is 0.320 e. The van der Waals surface area contributed by atoms with Gasteiger partial charge in [-0.2, -0.15) is 0 Å². The topological polar surface area (TPSA) is 78.9 Å². The smallest absolute Gasteiger partial charge is 0.320 e. The lowest BCUT2D eigenvalue weighted by atomic mass is 9.73. The number of carbonyl (C=O) groups excluding carboxylic acids is 1. The van der Waals surface area contributed by atoms with Crippen molar-refractivity contribution in [3.05, 3.63) is 0 Å². The third-order valence-electron chi connectivity index (χ3n) is 4.86. The number of nitrogens with zero attached hydrogens (tertiary/aromatic N) is 1. The normalized spacial score (nSPS) is 31.9. The van der Waals surface area contributed by atoms with Crippen molar-refractivity contribution in [1.82, 2.24) is 10.2 Å². The Hall–Kier alpha value is -0.690. The molecule has 3 aliphatic rings. The lowest BCUT2D eigenvalue weighted by Crippen LogP contribution is -2.71. The summed E-state index contributed by atoms with van der Waals surface area (Å²) in [6, 6.07) is -0.645. The van der Waals surface area contributed by atoms with Crippen LogP contribution in [0.3, 0.4) is 0 Å². The number of rotatable bonds is 7. The van der Waals surface area contributed by atoms with Crippen molar-refractivity contribution in [3.8, 4) is 0 Å². The van der Waals surface area contributed by atoms with Crippen LogP contribution in [0.4, 0.5) is 0 Å². The SMILES string of the molecule is COCC1(CN[C@H](C(=O)O)C(C)C)C(=O)C2CCN1CC2.Cl. The second-order valence-corrected chi connectivity index (χ2v) is 6.53. The minimum absolute atomic E-state index is 0. The number of ketones is 1. The zero-order chi connectivity index (χ0) is 15.6. The van der Waals surface area contributed by atoms with Gasteiger partial charge >= 0.3 is 5.97 Å². The maximum absolute atomic E-state index is 12.7. The standard InChI is InChI=1S/C15H26N2O4.ClH/c1-10(2)12(14(19)20)16-8-15(9-21-3)13(18)11-4-6-17(15)7-5-11;/h10-12,16H,4-9H2,1-3H3,(H,19,20);1H/t12-,15?;/m0./s1. The van der Waals surface area contributed by atoms with E-state index in [1.165, 1.54) is 0 Å². The van der Waals surface area contributed by atoms with Crippen LogP contribution < -0.4 is 5.32 Å². The molecule has 0 spiro atoms. The van der Waals surface area contributed by atoms with Crippen LogP contribution in [-0.4, -0.2) is 66.7 Å². The van der Waals surface area contributed by atoms with E-state index in [9.17, 15) is 14.7 Å². The molecule has 0 aliphatic carbocycles. The van der Waals surface area contributed by atoms with Gasteiger partial charge in [-0.05, 0) is 31.8 Å². The minimum atomic E-state index is -0.874. The van der Waals surface area contributed by atoms with Crippen LogP contribution in [0.5, 0.6) is 0 Å². The molecular weight excluding hydrogens is 308 g/mol. The molecule has 0 saturated carbocycles. The first kappa shape index (κ1) is 19.4. The number of hydrogen-bond donors (Lipinski definition) is 2. The van der Waals surface area contributed by atoms with Crippen molar-refractivity contribution in [2.75, 3.05) is 33.4 Å². The first-order valence-corrected chi connectivity index (χ1v) is 7.67. The fourth-order valence-electron chi connectivity index (χ4n) is 3.64. The predicted octanol–water partition coefficient (Wildman–Crippen LogP) is 0.787. The van der Waals surface area contributed by atoms with Gasteiger partial charge in [0.15, 0.2) is 5.78 Å². The summed E-state index contributed by atoms with van der Waals surface area (Å²) in [5, 5.41) is 12.4. The quantitative estimate of drug-likeness (QED) is 0.716. The molecule has 2 atom stereocenters. The van der Waals surface area contributed by atoms with Gasteiger partial charge in [-0.1, -0.05) is 13.8 Å². The number of nitrogens with one attached hydrogen (secondary N) is 1. The van der Waals surface area contributed by atoms with Crippen molar-refractivity contribution in [3.63, 3.8) is 0 Å². The first-order valence-electron chi connectivity index (χ1n) is 7.67. The van der Waals surface area contributed by atoms with Gasteiger partial charge in [-0.3, -0.25) is 14.5 Å². The van der Waals surface area contributed by atoms with Crippen LogP contribution in [0.2, 0.25) is 0 Å². The summed E-state index contributed by atoms with van der Waals surface area (Å²) in [5.74, 6) is -0.592. The Labute approximate surface area is 138 Å². The Balaban J connectivity index is 0.00000242. The Morgan fingerprint density at radius 2 is 2.05 bits per heavy atom. The zero-order valence-corrected chi connectivity index (χ0v) is 14.3. The summed E-state index contributed by atoms with van der Waals surface area (Å²) in [5.41, 5.74) is -0.696. The Bertz CT molecular complexity index is 410. The molecule has 3 saturated heterocycles. The Kier molecular flexibility index (Phi) is 6.80. The van der Waals surface area contributed by atoms with E-state index in [1.807, 2.05) is 13.8 Å². The number of halogens is 1. The largest absolute Gasteiger partial charge is 0.480 e. The van der Waals surface area contributed by atoms with Crippen LogP contribution in [0, 0.1) is 11.8 Å². The van der Waals surface area contributed by atoms with Gasteiger partial charge in [0.05, 0.1) is 6.61 Å². The highest BCUT2D eigenvalue weighted by atomic mass is 35.5. The Morgan fingerprint density at radius 3 is 2.45 bits per heavy atom. The molecule has 3 fully saturated rings. The minimum Gasteiger partial charge on any atom is -0.480 e. The molecule has 0 amide bonds. The highest BCUT2D eigenvalue weighted by molar-refractivity contribution is 5.92. The second-order valence-electron chi connectivity index (χ2n) is 6.53. The van der Waals surface area contributed by atoms with Crippen LogP contribution >= 0.6 is 12.4 Å². The van der Waals surface area contributed by atoms with Gasteiger partial charge < -0.3 is 15.2 Å². The number of hydrogen-bond acceptors (Lipinski definition) is 5. The van der Waals surface area contributed by atoms with E-state index in [1.54, 1.807) is 7.11 Å². The van der Waals surface area contributed by atoms with Gasteiger partial charge in [-0.25, -0.2) is 0 Å². The third kappa shape index (κ3) is 3.45. The number of ether oxygens (including phenoxy) is 1. The molecule has 3 heterocycles. The summed E-state index contributed by atoms with van der Waals surface area (Å²) in [4.78, 5) is 26.2. The van der Waals surface area contributed by atoms with E-state index in [4.69, 9.17) is 4.74 Å². The van der Waals surface area contributed by atoms with Crippen LogP contribution in [0.1, 0.15) is 26.7 Å². The average molecular weight is 335 g/mol. The van der Waals surface area contributed by atoms with Crippen molar-refractivity contribution in [1.29, 1.82) is 0 Å². The number of methoxy groups -OCH3 is 1. The highest BCUT2D eigenvalue weighted by Crippen LogP contribution is 2.36. The van der Waals surface area contributed by atoms with Crippen molar-refractivity contribution in [2.45, 2.75) is 38.3 Å². The molecule has 0 aromatic heterocycles. The molecule has 0 aromatic carbocycles. The van der Waals surface area contributed by atoms with Crippen LogP contribution in [0.25, 0.3) is 0 Å². The van der Waals surface area contributed by atoms with Gasteiger partial charge in [0.25, 0.3) is 0 Å². The number of carboxylic acid groups (broad SMARTS) is 1. The second kappa shape index (κ2) is 7.73. The molecule has 0 radical (unpaired) electrons. The molecule has 22 heavy (non-hydrogen) atoms. The van der Waals surface area contributed by atoms with Crippen LogP contribution in [-0.2, 0) is 14.3 Å². The van der Waals surface area contributed by atoms with Gasteiger partial charge in [0.2, 0.25) is 0 Å². The molecule has 3 rings (SSSR count). The van der Waals surface area contributed by atoms with E-state index < -0.39 is 17.6 Å².